The Hall–Kier alpha value is -2.14. The Morgan fingerprint density at radius 3 is 2.95 bits per heavy atom. The van der Waals surface area contributed by atoms with Crippen molar-refractivity contribution in [2.45, 2.75) is 19.4 Å². The zero-order valence-corrected chi connectivity index (χ0v) is 11.2. The Kier molecular flexibility index (Phi) is 3.06. The molecule has 1 aromatic carbocycles. The summed E-state index contributed by atoms with van der Waals surface area (Å²) in [4.78, 5) is 29.1. The smallest absolute Gasteiger partial charge is 0.270 e. The normalized spacial score (nSPS) is 18.7. The second kappa shape index (κ2) is 4.76. The van der Waals surface area contributed by atoms with Gasteiger partial charge >= 0.3 is 0 Å². The maximum atomic E-state index is 12.3. The van der Waals surface area contributed by atoms with Gasteiger partial charge in [0, 0.05) is 24.5 Å². The van der Waals surface area contributed by atoms with E-state index in [-0.39, 0.29) is 17.0 Å². The lowest BCUT2D eigenvalue weighted by atomic mass is 10.1. The van der Waals surface area contributed by atoms with Crippen molar-refractivity contribution < 1.29 is 9.90 Å². The number of benzene rings is 1. The van der Waals surface area contributed by atoms with Crippen molar-refractivity contribution in [2.24, 2.45) is 0 Å². The van der Waals surface area contributed by atoms with Gasteiger partial charge in [-0.1, -0.05) is 12.1 Å². The first-order valence-electron chi connectivity index (χ1n) is 6.66. The predicted octanol–water partition coefficient (Wildman–Crippen LogP) is 1.04. The molecule has 2 aromatic rings. The van der Waals surface area contributed by atoms with Crippen molar-refractivity contribution in [3.05, 3.63) is 45.7 Å². The molecule has 0 bridgehead atoms. The average molecular weight is 272 g/mol. The van der Waals surface area contributed by atoms with Crippen LogP contribution < -0.4 is 5.43 Å². The molecule has 0 saturated carbocycles. The fourth-order valence-electron chi connectivity index (χ4n) is 2.70. The first kappa shape index (κ1) is 12.9. The number of rotatable bonds is 1. The average Bonchev–Trinajstić information content (AvgIpc) is 2.84. The number of aliphatic hydroxyl groups is 1. The van der Waals surface area contributed by atoms with E-state index >= 15 is 0 Å². The van der Waals surface area contributed by atoms with Crippen LogP contribution in [0.5, 0.6) is 0 Å². The SMILES string of the molecule is Cc1cccc2[nH]c(C(=O)N3CC[C@@H](O)C3)cc(=O)c12. The van der Waals surface area contributed by atoms with E-state index in [1.54, 1.807) is 11.0 Å². The van der Waals surface area contributed by atoms with Crippen molar-refractivity contribution in [1.29, 1.82) is 0 Å². The van der Waals surface area contributed by atoms with Crippen LogP contribution in [0.15, 0.2) is 29.1 Å². The number of aromatic nitrogens is 1. The van der Waals surface area contributed by atoms with Crippen LogP contribution in [0.25, 0.3) is 10.9 Å². The van der Waals surface area contributed by atoms with Crippen LogP contribution >= 0.6 is 0 Å². The molecule has 0 spiro atoms. The predicted molar refractivity (Wildman–Crippen MR) is 75.8 cm³/mol. The lowest BCUT2D eigenvalue weighted by Gasteiger charge is -2.15. The van der Waals surface area contributed by atoms with Crippen LogP contribution in [0.1, 0.15) is 22.5 Å². The zero-order chi connectivity index (χ0) is 14.3. The van der Waals surface area contributed by atoms with Gasteiger partial charge in [0.25, 0.3) is 5.91 Å². The second-order valence-corrected chi connectivity index (χ2v) is 5.24. The van der Waals surface area contributed by atoms with Gasteiger partial charge in [-0.3, -0.25) is 9.59 Å². The van der Waals surface area contributed by atoms with Crippen LogP contribution in [0.4, 0.5) is 0 Å². The number of H-pyrrole nitrogens is 1. The molecule has 0 radical (unpaired) electrons. The van der Waals surface area contributed by atoms with Crippen molar-refractivity contribution in [3.63, 3.8) is 0 Å². The highest BCUT2D eigenvalue weighted by atomic mass is 16.3. The fraction of sp³-hybridized carbons (Fsp3) is 0.333. The minimum atomic E-state index is -0.464. The summed E-state index contributed by atoms with van der Waals surface area (Å²) < 4.78 is 0. The molecule has 1 amide bonds. The highest BCUT2D eigenvalue weighted by molar-refractivity contribution is 5.95. The standard InChI is InChI=1S/C15H16N2O3/c1-9-3-2-4-11-14(9)13(19)7-12(16-11)15(20)17-6-5-10(18)8-17/h2-4,7,10,18H,5-6,8H2,1H3,(H,16,19)/t10-/m1/s1. The molecule has 0 unspecified atom stereocenters. The van der Waals surface area contributed by atoms with E-state index in [1.807, 2.05) is 19.1 Å². The van der Waals surface area contributed by atoms with Crippen molar-refractivity contribution in [3.8, 4) is 0 Å². The summed E-state index contributed by atoms with van der Waals surface area (Å²) >= 11 is 0. The number of hydrogen-bond acceptors (Lipinski definition) is 3. The van der Waals surface area contributed by atoms with E-state index in [1.165, 1.54) is 6.07 Å². The van der Waals surface area contributed by atoms with Gasteiger partial charge < -0.3 is 15.0 Å². The number of pyridine rings is 1. The molecular weight excluding hydrogens is 256 g/mol. The molecule has 1 atom stereocenters. The topological polar surface area (TPSA) is 73.4 Å². The number of aliphatic hydroxyl groups excluding tert-OH is 1. The molecule has 1 aromatic heterocycles. The third-order valence-electron chi connectivity index (χ3n) is 3.74. The molecule has 20 heavy (non-hydrogen) atoms. The summed E-state index contributed by atoms with van der Waals surface area (Å²) in [5.74, 6) is -0.234. The van der Waals surface area contributed by atoms with Gasteiger partial charge in [0.05, 0.1) is 11.6 Å². The summed E-state index contributed by atoms with van der Waals surface area (Å²) in [6.07, 6.45) is 0.122. The zero-order valence-electron chi connectivity index (χ0n) is 11.2. The highest BCUT2D eigenvalue weighted by Gasteiger charge is 2.26. The van der Waals surface area contributed by atoms with Gasteiger partial charge in [0.2, 0.25) is 0 Å². The molecule has 5 nitrogen and oxygen atoms in total. The Labute approximate surface area is 115 Å². The van der Waals surface area contributed by atoms with E-state index in [4.69, 9.17) is 0 Å². The van der Waals surface area contributed by atoms with Gasteiger partial charge in [-0.2, -0.15) is 0 Å². The van der Waals surface area contributed by atoms with Gasteiger partial charge in [0.15, 0.2) is 5.43 Å². The van der Waals surface area contributed by atoms with Crippen LogP contribution in [0, 0.1) is 6.92 Å². The number of hydrogen-bond donors (Lipinski definition) is 2. The first-order chi connectivity index (χ1) is 9.56. The summed E-state index contributed by atoms with van der Waals surface area (Å²) in [6, 6.07) is 6.86. The van der Waals surface area contributed by atoms with E-state index in [0.717, 1.165) is 5.56 Å². The lowest BCUT2D eigenvalue weighted by Crippen LogP contribution is -2.31. The Balaban J connectivity index is 2.05. The minimum absolute atomic E-state index is 0.153. The van der Waals surface area contributed by atoms with Crippen molar-refractivity contribution in [2.75, 3.05) is 13.1 Å². The maximum Gasteiger partial charge on any atom is 0.270 e. The lowest BCUT2D eigenvalue weighted by molar-refractivity contribution is 0.0759. The quantitative estimate of drug-likeness (QED) is 0.814. The van der Waals surface area contributed by atoms with Crippen LogP contribution in [-0.4, -0.2) is 40.1 Å². The maximum absolute atomic E-state index is 12.3. The summed E-state index contributed by atoms with van der Waals surface area (Å²) in [5, 5.41) is 10.1. The second-order valence-electron chi connectivity index (χ2n) is 5.24. The largest absolute Gasteiger partial charge is 0.391 e. The van der Waals surface area contributed by atoms with Gasteiger partial charge in [0.1, 0.15) is 5.69 Å². The van der Waals surface area contributed by atoms with Crippen LogP contribution in [0.2, 0.25) is 0 Å². The number of carbonyl (C=O) groups is 1. The van der Waals surface area contributed by atoms with E-state index in [9.17, 15) is 14.7 Å². The van der Waals surface area contributed by atoms with Gasteiger partial charge in [-0.15, -0.1) is 0 Å². The molecule has 1 aliphatic heterocycles. The van der Waals surface area contributed by atoms with E-state index in [2.05, 4.69) is 4.98 Å². The summed E-state index contributed by atoms with van der Waals surface area (Å²) in [5.41, 5.74) is 1.68. The molecule has 0 aliphatic carbocycles. The van der Waals surface area contributed by atoms with Gasteiger partial charge in [-0.25, -0.2) is 0 Å². The monoisotopic (exact) mass is 272 g/mol. The van der Waals surface area contributed by atoms with Crippen molar-refractivity contribution >= 4 is 16.8 Å². The minimum Gasteiger partial charge on any atom is -0.391 e. The third-order valence-corrected chi connectivity index (χ3v) is 3.74. The molecule has 1 aliphatic rings. The van der Waals surface area contributed by atoms with E-state index in [0.29, 0.717) is 30.4 Å². The number of fused-ring (bicyclic) bond motifs is 1. The number of nitrogens with zero attached hydrogens (tertiary/aromatic N) is 1. The number of aryl methyl sites for hydroxylation is 1. The van der Waals surface area contributed by atoms with Crippen LogP contribution in [0.3, 0.4) is 0 Å². The number of amides is 1. The Morgan fingerprint density at radius 2 is 2.25 bits per heavy atom. The van der Waals surface area contributed by atoms with Gasteiger partial charge in [-0.05, 0) is 25.0 Å². The summed E-state index contributed by atoms with van der Waals surface area (Å²) in [7, 11) is 0. The van der Waals surface area contributed by atoms with Crippen molar-refractivity contribution in [1.82, 2.24) is 9.88 Å². The molecule has 104 valence electrons. The number of carbonyl (C=O) groups excluding carboxylic acids is 1. The molecule has 1 fully saturated rings. The molecular formula is C15H16N2O3. The molecule has 2 N–H and O–H groups in total. The third kappa shape index (κ3) is 2.10. The fourth-order valence-corrected chi connectivity index (χ4v) is 2.70. The Bertz CT molecular complexity index is 735. The number of likely N-dealkylation sites (tertiary alicyclic amines) is 1. The Morgan fingerprint density at radius 1 is 1.45 bits per heavy atom. The highest BCUT2D eigenvalue weighted by Crippen LogP contribution is 2.16. The van der Waals surface area contributed by atoms with E-state index < -0.39 is 6.10 Å². The summed E-state index contributed by atoms with van der Waals surface area (Å²) in [6.45, 7) is 2.72. The molecule has 5 heteroatoms. The number of aromatic amines is 1. The molecule has 2 heterocycles. The molecule has 1 saturated heterocycles. The molecule has 3 rings (SSSR count). The number of nitrogens with one attached hydrogen (secondary N) is 1. The van der Waals surface area contributed by atoms with Crippen LogP contribution in [-0.2, 0) is 0 Å². The number of β-amino-alcohol motifs (C(OH)–C–C–N with tert-alkyl or cyclic N) is 1. The first-order valence-corrected chi connectivity index (χ1v) is 6.66.